The predicted octanol–water partition coefficient (Wildman–Crippen LogP) is 3.87. The van der Waals surface area contributed by atoms with Gasteiger partial charge in [0, 0.05) is 23.7 Å². The number of carbonyl (C=O) groups excluding carboxylic acids is 1. The van der Waals surface area contributed by atoms with E-state index in [0.717, 1.165) is 5.39 Å². The van der Waals surface area contributed by atoms with Crippen molar-refractivity contribution in [1.82, 2.24) is 10.3 Å². The lowest BCUT2D eigenvalue weighted by Gasteiger charge is -2.21. The molecule has 1 amide bonds. The molecule has 0 atom stereocenters. The first-order valence-corrected chi connectivity index (χ1v) is 8.84. The van der Waals surface area contributed by atoms with E-state index in [0.29, 0.717) is 52.6 Å². The summed E-state index contributed by atoms with van der Waals surface area (Å²) in [6.45, 7) is 0.783. The molecule has 2 heterocycles. The third-order valence-electron chi connectivity index (χ3n) is 4.39. The minimum atomic E-state index is -0.350. The quantitative estimate of drug-likeness (QED) is 0.739. The highest BCUT2D eigenvalue weighted by molar-refractivity contribution is 6.36. The Morgan fingerprint density at radius 2 is 2.19 bits per heavy atom. The number of fused-ring (bicyclic) bond motifs is 2. The van der Waals surface area contributed by atoms with Crippen molar-refractivity contribution < 1.29 is 18.7 Å². The number of halogens is 2. The Hall–Kier alpha value is -2.70. The second kappa shape index (κ2) is 7.50. The van der Waals surface area contributed by atoms with E-state index in [-0.39, 0.29) is 18.5 Å². The molecule has 1 N–H and O–H groups in total. The number of pyridine rings is 1. The molecule has 27 heavy (non-hydrogen) atoms. The Balaban J connectivity index is 1.50. The van der Waals surface area contributed by atoms with Gasteiger partial charge in [0.1, 0.15) is 11.6 Å². The Morgan fingerprint density at radius 1 is 1.30 bits per heavy atom. The molecule has 5 nitrogen and oxygen atoms in total. The number of hydrogen-bond acceptors (Lipinski definition) is 4. The molecule has 1 aliphatic heterocycles. The second-order valence-electron chi connectivity index (χ2n) is 6.16. The summed E-state index contributed by atoms with van der Waals surface area (Å²) in [6.07, 6.45) is 2.05. The molecule has 1 aliphatic rings. The van der Waals surface area contributed by atoms with Gasteiger partial charge in [0.05, 0.1) is 22.7 Å². The van der Waals surface area contributed by atoms with Crippen LogP contribution in [0.3, 0.4) is 0 Å². The Bertz CT molecular complexity index is 1030. The number of benzene rings is 2. The molecule has 4 rings (SSSR count). The van der Waals surface area contributed by atoms with Gasteiger partial charge in [-0.3, -0.25) is 9.78 Å². The van der Waals surface area contributed by atoms with Crippen LogP contribution in [0.1, 0.15) is 21.5 Å². The highest BCUT2D eigenvalue weighted by Crippen LogP contribution is 2.29. The molecule has 0 saturated heterocycles. The van der Waals surface area contributed by atoms with Crippen LogP contribution in [0.25, 0.3) is 10.9 Å². The minimum Gasteiger partial charge on any atom is -0.467 e. The minimum absolute atomic E-state index is 0.139. The molecule has 0 unspecified atom stereocenters. The number of nitrogens with one attached hydrogen (secondary N) is 1. The van der Waals surface area contributed by atoms with Crippen LogP contribution in [0.4, 0.5) is 4.39 Å². The SMILES string of the molecule is O=C(NCCc1cc(F)cc2c1OCOC2)c1ccc(Cl)c2cccnc12. The van der Waals surface area contributed by atoms with Crippen LogP contribution in [-0.2, 0) is 17.8 Å². The lowest BCUT2D eigenvalue weighted by Crippen LogP contribution is -2.26. The molecular formula is C20H16ClFN2O3. The first-order chi connectivity index (χ1) is 13.1. The molecule has 0 bridgehead atoms. The van der Waals surface area contributed by atoms with Gasteiger partial charge in [0.2, 0.25) is 0 Å². The van der Waals surface area contributed by atoms with Crippen molar-refractivity contribution in [3.8, 4) is 5.75 Å². The van der Waals surface area contributed by atoms with Gasteiger partial charge in [-0.05, 0) is 48.4 Å². The number of rotatable bonds is 4. The molecule has 1 aromatic heterocycles. The van der Waals surface area contributed by atoms with Crippen LogP contribution in [-0.4, -0.2) is 24.2 Å². The van der Waals surface area contributed by atoms with Crippen molar-refractivity contribution in [3.63, 3.8) is 0 Å². The summed E-state index contributed by atoms with van der Waals surface area (Å²) in [7, 11) is 0. The first-order valence-electron chi connectivity index (χ1n) is 8.47. The largest absolute Gasteiger partial charge is 0.467 e. The van der Waals surface area contributed by atoms with Gasteiger partial charge in [-0.2, -0.15) is 0 Å². The van der Waals surface area contributed by atoms with E-state index in [9.17, 15) is 9.18 Å². The fraction of sp³-hybridized carbons (Fsp3) is 0.200. The second-order valence-corrected chi connectivity index (χ2v) is 6.57. The van der Waals surface area contributed by atoms with Crippen LogP contribution in [0, 0.1) is 5.82 Å². The molecule has 0 radical (unpaired) electrons. The molecule has 138 valence electrons. The topological polar surface area (TPSA) is 60.5 Å². The molecular weight excluding hydrogens is 371 g/mol. The third-order valence-corrected chi connectivity index (χ3v) is 4.72. The van der Waals surface area contributed by atoms with E-state index in [1.807, 2.05) is 6.07 Å². The van der Waals surface area contributed by atoms with E-state index in [1.54, 1.807) is 24.4 Å². The fourth-order valence-electron chi connectivity index (χ4n) is 3.17. The number of nitrogens with zero attached hydrogens (tertiary/aromatic N) is 1. The Morgan fingerprint density at radius 3 is 3.07 bits per heavy atom. The first kappa shape index (κ1) is 17.7. The monoisotopic (exact) mass is 386 g/mol. The summed E-state index contributed by atoms with van der Waals surface area (Å²) in [5, 5.41) is 4.12. The van der Waals surface area contributed by atoms with Crippen molar-refractivity contribution in [2.75, 3.05) is 13.3 Å². The van der Waals surface area contributed by atoms with Gasteiger partial charge in [0.15, 0.2) is 6.79 Å². The van der Waals surface area contributed by atoms with E-state index in [1.165, 1.54) is 12.1 Å². The van der Waals surface area contributed by atoms with Crippen LogP contribution in [0.15, 0.2) is 42.6 Å². The van der Waals surface area contributed by atoms with Crippen LogP contribution < -0.4 is 10.1 Å². The maximum Gasteiger partial charge on any atom is 0.253 e. The maximum atomic E-state index is 13.8. The Kier molecular flexibility index (Phi) is 4.92. The van der Waals surface area contributed by atoms with Crippen molar-refractivity contribution in [3.05, 3.63) is 70.1 Å². The van der Waals surface area contributed by atoms with E-state index >= 15 is 0 Å². The van der Waals surface area contributed by atoms with Gasteiger partial charge in [-0.25, -0.2) is 4.39 Å². The highest BCUT2D eigenvalue weighted by Gasteiger charge is 2.18. The zero-order valence-electron chi connectivity index (χ0n) is 14.3. The van der Waals surface area contributed by atoms with Gasteiger partial charge in [-0.15, -0.1) is 0 Å². The third kappa shape index (κ3) is 3.59. The average molecular weight is 387 g/mol. The summed E-state index contributed by atoms with van der Waals surface area (Å²) in [5.41, 5.74) is 2.37. The van der Waals surface area contributed by atoms with Crippen LogP contribution >= 0.6 is 11.6 Å². The van der Waals surface area contributed by atoms with Crippen molar-refractivity contribution in [2.24, 2.45) is 0 Å². The van der Waals surface area contributed by atoms with Crippen LogP contribution in [0.5, 0.6) is 5.75 Å². The van der Waals surface area contributed by atoms with Gasteiger partial charge in [0.25, 0.3) is 5.91 Å². The summed E-state index contributed by atoms with van der Waals surface area (Å²) in [6, 6.07) is 9.75. The number of ether oxygens (including phenoxy) is 2. The molecule has 0 aliphatic carbocycles. The van der Waals surface area contributed by atoms with Crippen molar-refractivity contribution in [2.45, 2.75) is 13.0 Å². The summed E-state index contributed by atoms with van der Waals surface area (Å²) in [4.78, 5) is 16.9. The summed E-state index contributed by atoms with van der Waals surface area (Å²) < 4.78 is 24.5. The lowest BCUT2D eigenvalue weighted by molar-refractivity contribution is -0.0172. The zero-order chi connectivity index (χ0) is 18.8. The van der Waals surface area contributed by atoms with Gasteiger partial charge in [-0.1, -0.05) is 11.6 Å². The lowest BCUT2D eigenvalue weighted by atomic mass is 10.0. The number of aromatic nitrogens is 1. The van der Waals surface area contributed by atoms with E-state index in [4.69, 9.17) is 21.1 Å². The summed E-state index contributed by atoms with van der Waals surface area (Å²) in [5.74, 6) is 0.0254. The maximum absolute atomic E-state index is 13.8. The smallest absolute Gasteiger partial charge is 0.253 e. The standard InChI is InChI=1S/C20H16ClFN2O3/c21-17-4-3-16(18-15(17)2-1-6-23-18)20(25)24-7-5-12-8-14(22)9-13-10-26-11-27-19(12)13/h1-4,6,8-9H,5,7,10-11H2,(H,24,25). The summed E-state index contributed by atoms with van der Waals surface area (Å²) >= 11 is 6.17. The van der Waals surface area contributed by atoms with E-state index < -0.39 is 0 Å². The highest BCUT2D eigenvalue weighted by atomic mass is 35.5. The molecule has 2 aromatic carbocycles. The molecule has 7 heteroatoms. The molecule has 0 spiro atoms. The van der Waals surface area contributed by atoms with Crippen molar-refractivity contribution >= 4 is 28.4 Å². The van der Waals surface area contributed by atoms with Gasteiger partial charge >= 0.3 is 0 Å². The molecule has 3 aromatic rings. The normalized spacial score (nSPS) is 13.1. The molecule has 0 fully saturated rings. The number of carbonyl (C=O) groups is 1. The van der Waals surface area contributed by atoms with Crippen molar-refractivity contribution in [1.29, 1.82) is 0 Å². The fourth-order valence-corrected chi connectivity index (χ4v) is 3.38. The van der Waals surface area contributed by atoms with Gasteiger partial charge < -0.3 is 14.8 Å². The predicted molar refractivity (Wildman–Crippen MR) is 99.5 cm³/mol. The van der Waals surface area contributed by atoms with Crippen LogP contribution in [0.2, 0.25) is 5.02 Å². The number of amides is 1. The Labute approximate surface area is 160 Å². The van der Waals surface area contributed by atoms with E-state index in [2.05, 4.69) is 10.3 Å². The molecule has 0 saturated carbocycles. The average Bonchev–Trinajstić information content (AvgIpc) is 2.68. The number of hydrogen-bond donors (Lipinski definition) is 1. The zero-order valence-corrected chi connectivity index (χ0v) is 15.1.